The second-order valence-electron chi connectivity index (χ2n) is 5.66. The zero-order chi connectivity index (χ0) is 17.1. The number of rotatable bonds is 3. The first-order chi connectivity index (χ1) is 12.3. The van der Waals surface area contributed by atoms with E-state index in [0.717, 1.165) is 33.6 Å². The Bertz CT molecular complexity index is 924. The van der Waals surface area contributed by atoms with E-state index >= 15 is 0 Å². The van der Waals surface area contributed by atoms with Gasteiger partial charge in [-0.15, -0.1) is 0 Å². The summed E-state index contributed by atoms with van der Waals surface area (Å²) in [6.07, 6.45) is 0. The van der Waals surface area contributed by atoms with Crippen molar-refractivity contribution >= 4 is 11.6 Å². The number of hydrogen-bond donors (Lipinski definition) is 0. The van der Waals surface area contributed by atoms with Crippen LogP contribution in [0.4, 0.5) is 0 Å². The molecule has 0 aliphatic heterocycles. The molecule has 4 rings (SSSR count). The fourth-order valence-corrected chi connectivity index (χ4v) is 3.09. The molecule has 25 heavy (non-hydrogen) atoms. The Morgan fingerprint density at radius 3 is 1.24 bits per heavy atom. The minimum atomic E-state index is 0.248. The van der Waals surface area contributed by atoms with Crippen molar-refractivity contribution in [2.75, 3.05) is 0 Å². The van der Waals surface area contributed by atoms with E-state index in [1.807, 2.05) is 78.9 Å². The highest BCUT2D eigenvalue weighted by Gasteiger charge is 2.18. The molecule has 1 aromatic heterocycles. The molecule has 0 radical (unpaired) electrons. The zero-order valence-corrected chi connectivity index (χ0v) is 14.2. The minimum absolute atomic E-state index is 0.248. The van der Waals surface area contributed by atoms with Gasteiger partial charge in [-0.2, -0.15) is 0 Å². The summed E-state index contributed by atoms with van der Waals surface area (Å²) in [6.45, 7) is 0. The van der Waals surface area contributed by atoms with Crippen LogP contribution in [0.5, 0.6) is 0 Å². The van der Waals surface area contributed by atoms with E-state index in [4.69, 9.17) is 11.6 Å². The molecule has 120 valence electrons. The predicted molar refractivity (Wildman–Crippen MR) is 103 cm³/mol. The molecule has 0 saturated carbocycles. The third-order valence-corrected chi connectivity index (χ3v) is 4.21. The SMILES string of the molecule is Clc1nc(-c2ccccc2)c(-c2ccccc2)c(-c2ccccc2)n1. The van der Waals surface area contributed by atoms with Crippen molar-refractivity contribution in [2.24, 2.45) is 0 Å². The van der Waals surface area contributed by atoms with Crippen LogP contribution in [-0.2, 0) is 0 Å². The number of benzene rings is 3. The van der Waals surface area contributed by atoms with Gasteiger partial charge in [-0.3, -0.25) is 0 Å². The molecule has 0 spiro atoms. The molecule has 0 amide bonds. The van der Waals surface area contributed by atoms with Crippen molar-refractivity contribution in [1.29, 1.82) is 0 Å². The van der Waals surface area contributed by atoms with Crippen LogP contribution in [0, 0.1) is 0 Å². The minimum Gasteiger partial charge on any atom is -0.217 e. The van der Waals surface area contributed by atoms with Gasteiger partial charge in [0, 0.05) is 16.7 Å². The van der Waals surface area contributed by atoms with E-state index in [0.29, 0.717) is 0 Å². The second-order valence-corrected chi connectivity index (χ2v) is 6.00. The molecule has 0 aliphatic rings. The van der Waals surface area contributed by atoms with Crippen molar-refractivity contribution in [3.05, 3.63) is 96.3 Å². The molecule has 3 heteroatoms. The van der Waals surface area contributed by atoms with Gasteiger partial charge in [-0.05, 0) is 17.2 Å². The normalized spacial score (nSPS) is 10.6. The van der Waals surface area contributed by atoms with Gasteiger partial charge in [-0.1, -0.05) is 91.0 Å². The van der Waals surface area contributed by atoms with Gasteiger partial charge in [-0.25, -0.2) is 9.97 Å². The molecule has 0 fully saturated rings. The largest absolute Gasteiger partial charge is 0.223 e. The standard InChI is InChI=1S/C22H15ClN2/c23-22-24-20(17-12-6-2-7-13-17)19(16-10-4-1-5-11-16)21(25-22)18-14-8-3-9-15-18/h1-15H. The first-order valence-corrected chi connectivity index (χ1v) is 8.44. The lowest BCUT2D eigenvalue weighted by Crippen LogP contribution is -1.98. The Kier molecular flexibility index (Phi) is 4.28. The second kappa shape index (κ2) is 6.88. The summed E-state index contributed by atoms with van der Waals surface area (Å²) < 4.78 is 0. The number of hydrogen-bond acceptors (Lipinski definition) is 2. The molecule has 3 aromatic carbocycles. The molecule has 4 aromatic rings. The fourth-order valence-electron chi connectivity index (χ4n) is 2.92. The molecule has 0 aliphatic carbocycles. The van der Waals surface area contributed by atoms with Gasteiger partial charge < -0.3 is 0 Å². The van der Waals surface area contributed by atoms with Crippen LogP contribution >= 0.6 is 11.6 Å². The number of aromatic nitrogens is 2. The Balaban J connectivity index is 2.07. The number of nitrogens with zero attached hydrogens (tertiary/aromatic N) is 2. The molecule has 0 N–H and O–H groups in total. The van der Waals surface area contributed by atoms with Crippen molar-refractivity contribution in [3.63, 3.8) is 0 Å². The summed E-state index contributed by atoms with van der Waals surface area (Å²) in [4.78, 5) is 9.12. The smallest absolute Gasteiger partial charge is 0.217 e. The van der Waals surface area contributed by atoms with Crippen molar-refractivity contribution in [1.82, 2.24) is 9.97 Å². The van der Waals surface area contributed by atoms with Gasteiger partial charge in [0.25, 0.3) is 0 Å². The molecule has 0 saturated heterocycles. The Morgan fingerprint density at radius 2 is 0.840 bits per heavy atom. The summed E-state index contributed by atoms with van der Waals surface area (Å²) in [7, 11) is 0. The molecule has 2 nitrogen and oxygen atoms in total. The summed E-state index contributed by atoms with van der Waals surface area (Å²) in [5, 5.41) is 0.248. The van der Waals surface area contributed by atoms with Crippen LogP contribution in [0.25, 0.3) is 33.6 Å². The fraction of sp³-hybridized carbons (Fsp3) is 0. The van der Waals surface area contributed by atoms with Crippen LogP contribution in [-0.4, -0.2) is 9.97 Å². The quantitative estimate of drug-likeness (QED) is 0.418. The van der Waals surface area contributed by atoms with E-state index in [2.05, 4.69) is 22.1 Å². The molecule has 0 unspecified atom stereocenters. The third-order valence-electron chi connectivity index (χ3n) is 4.04. The van der Waals surface area contributed by atoms with E-state index in [-0.39, 0.29) is 5.28 Å². The topological polar surface area (TPSA) is 25.8 Å². The first kappa shape index (κ1) is 15.6. The van der Waals surface area contributed by atoms with Gasteiger partial charge in [0.2, 0.25) is 5.28 Å². The lowest BCUT2D eigenvalue weighted by Gasteiger charge is -2.15. The summed E-state index contributed by atoms with van der Waals surface area (Å²) in [6, 6.07) is 30.4. The Hall–Kier alpha value is -2.97. The van der Waals surface area contributed by atoms with E-state index in [1.54, 1.807) is 0 Å². The average molecular weight is 343 g/mol. The van der Waals surface area contributed by atoms with Gasteiger partial charge in [0.1, 0.15) is 0 Å². The number of halogens is 1. The zero-order valence-electron chi connectivity index (χ0n) is 13.4. The highest BCUT2D eigenvalue weighted by atomic mass is 35.5. The summed E-state index contributed by atoms with van der Waals surface area (Å²) in [5.41, 5.74) is 5.77. The maximum atomic E-state index is 6.29. The maximum Gasteiger partial charge on any atom is 0.223 e. The van der Waals surface area contributed by atoms with E-state index < -0.39 is 0 Å². The molecular formula is C22H15ClN2. The van der Waals surface area contributed by atoms with Crippen LogP contribution in [0.15, 0.2) is 91.0 Å². The highest BCUT2D eigenvalue weighted by molar-refractivity contribution is 6.28. The maximum absolute atomic E-state index is 6.29. The van der Waals surface area contributed by atoms with Crippen LogP contribution in [0.3, 0.4) is 0 Å². The van der Waals surface area contributed by atoms with Crippen LogP contribution in [0.1, 0.15) is 0 Å². The lowest BCUT2D eigenvalue weighted by atomic mass is 9.94. The van der Waals surface area contributed by atoms with Crippen LogP contribution < -0.4 is 0 Å². The Morgan fingerprint density at radius 1 is 0.480 bits per heavy atom. The van der Waals surface area contributed by atoms with Crippen molar-refractivity contribution < 1.29 is 0 Å². The average Bonchev–Trinajstić information content (AvgIpc) is 2.69. The lowest BCUT2D eigenvalue weighted by molar-refractivity contribution is 1.18. The van der Waals surface area contributed by atoms with Crippen molar-refractivity contribution in [2.45, 2.75) is 0 Å². The van der Waals surface area contributed by atoms with E-state index in [9.17, 15) is 0 Å². The summed E-state index contributed by atoms with van der Waals surface area (Å²) in [5.74, 6) is 0. The predicted octanol–water partition coefficient (Wildman–Crippen LogP) is 6.13. The van der Waals surface area contributed by atoms with E-state index in [1.165, 1.54) is 0 Å². The highest BCUT2D eigenvalue weighted by Crippen LogP contribution is 2.38. The van der Waals surface area contributed by atoms with Gasteiger partial charge in [0.05, 0.1) is 11.4 Å². The van der Waals surface area contributed by atoms with Gasteiger partial charge in [0.15, 0.2) is 0 Å². The molecule has 1 heterocycles. The van der Waals surface area contributed by atoms with Crippen molar-refractivity contribution in [3.8, 4) is 33.6 Å². The Labute approximate surface area is 151 Å². The first-order valence-electron chi connectivity index (χ1n) is 8.07. The third kappa shape index (κ3) is 3.17. The summed E-state index contributed by atoms with van der Waals surface area (Å²) >= 11 is 6.29. The molecular weight excluding hydrogens is 328 g/mol. The molecule has 0 atom stereocenters. The molecule has 0 bridgehead atoms. The monoisotopic (exact) mass is 342 g/mol. The van der Waals surface area contributed by atoms with Gasteiger partial charge >= 0.3 is 0 Å². The van der Waals surface area contributed by atoms with Crippen LogP contribution in [0.2, 0.25) is 5.28 Å².